The molecule has 0 radical (unpaired) electrons. The fourth-order valence-electron chi connectivity index (χ4n) is 3.59. The number of hydrogen-bond donors (Lipinski definition) is 1. The Morgan fingerprint density at radius 3 is 2.15 bits per heavy atom. The number of ketones is 1. The second-order valence-electron chi connectivity index (χ2n) is 8.08. The van der Waals surface area contributed by atoms with Crippen molar-refractivity contribution in [2.75, 3.05) is 5.32 Å². The lowest BCUT2D eigenvalue weighted by molar-refractivity contribution is -0.143. The van der Waals surface area contributed by atoms with Crippen molar-refractivity contribution in [2.45, 2.75) is 40.5 Å². The molecule has 0 unspecified atom stereocenters. The molecule has 0 bridgehead atoms. The van der Waals surface area contributed by atoms with E-state index in [2.05, 4.69) is 10.5 Å². The summed E-state index contributed by atoms with van der Waals surface area (Å²) in [5.41, 5.74) is 6.89. The van der Waals surface area contributed by atoms with Gasteiger partial charge in [-0.3, -0.25) is 4.79 Å². The molecule has 0 fully saturated rings. The zero-order valence-electron chi connectivity index (χ0n) is 20.1. The van der Waals surface area contributed by atoms with Gasteiger partial charge in [0.05, 0.1) is 5.71 Å². The Morgan fingerprint density at radius 2 is 1.50 bits per heavy atom. The van der Waals surface area contributed by atoms with Crippen LogP contribution in [-0.4, -0.2) is 17.5 Å². The molecule has 0 heterocycles. The minimum absolute atomic E-state index is 0.0281. The topological polar surface area (TPSA) is 67.8 Å². The van der Waals surface area contributed by atoms with E-state index in [1.54, 1.807) is 19.9 Å². The molecule has 0 aliphatic rings. The summed E-state index contributed by atoms with van der Waals surface area (Å²) in [6, 6.07) is 23.4. The molecule has 0 amide bonds. The molecule has 0 aromatic heterocycles. The largest absolute Gasteiger partial charge is 0.360 e. The Morgan fingerprint density at radius 1 is 0.882 bits per heavy atom. The normalized spacial score (nSPS) is 11.8. The number of para-hydroxylation sites is 1. The van der Waals surface area contributed by atoms with Gasteiger partial charge in [0.25, 0.3) is 0 Å². The van der Waals surface area contributed by atoms with E-state index in [4.69, 9.17) is 4.84 Å². The number of hydrogen-bond acceptors (Lipinski definition) is 5. The molecule has 3 aromatic rings. The third-order valence-electron chi connectivity index (χ3n) is 5.59. The van der Waals surface area contributed by atoms with Crippen molar-refractivity contribution in [1.82, 2.24) is 0 Å². The van der Waals surface area contributed by atoms with Gasteiger partial charge in [-0.25, -0.2) is 4.79 Å². The maximum Gasteiger partial charge on any atom is 0.334 e. The Labute approximate surface area is 201 Å². The maximum atomic E-state index is 12.1. The highest BCUT2D eigenvalue weighted by atomic mass is 16.7. The van der Waals surface area contributed by atoms with Gasteiger partial charge in [0.15, 0.2) is 5.78 Å². The lowest BCUT2D eigenvalue weighted by Gasteiger charge is -2.16. The molecule has 174 valence electrons. The summed E-state index contributed by atoms with van der Waals surface area (Å²) in [4.78, 5) is 29.3. The number of nitrogens with zero attached hydrogens (tertiary/aromatic N) is 1. The van der Waals surface area contributed by atoms with Crippen molar-refractivity contribution in [3.63, 3.8) is 0 Å². The molecule has 0 saturated heterocycles. The average Bonchev–Trinajstić information content (AvgIpc) is 2.84. The van der Waals surface area contributed by atoms with Gasteiger partial charge in [-0.1, -0.05) is 72.7 Å². The minimum Gasteiger partial charge on any atom is -0.360 e. The van der Waals surface area contributed by atoms with Crippen LogP contribution in [0.3, 0.4) is 0 Å². The van der Waals surface area contributed by atoms with Gasteiger partial charge in [-0.2, -0.15) is 0 Å². The second kappa shape index (κ2) is 11.8. The van der Waals surface area contributed by atoms with Crippen LogP contribution >= 0.6 is 0 Å². The average molecular weight is 455 g/mol. The summed E-state index contributed by atoms with van der Waals surface area (Å²) in [5.74, 6) is -0.430. The fraction of sp³-hybridized carbons (Fsp3) is 0.207. The first kappa shape index (κ1) is 24.6. The number of anilines is 1. The molecule has 0 aliphatic heterocycles. The molecule has 5 heteroatoms. The molecule has 0 atom stereocenters. The van der Waals surface area contributed by atoms with E-state index < -0.39 is 5.97 Å². The number of benzene rings is 3. The molecule has 0 spiro atoms. The van der Waals surface area contributed by atoms with Crippen molar-refractivity contribution < 1.29 is 14.4 Å². The van der Waals surface area contributed by atoms with Gasteiger partial charge in [0, 0.05) is 35.9 Å². The summed E-state index contributed by atoms with van der Waals surface area (Å²) in [6.45, 7) is 7.35. The SMILES string of the molecule is CCC(=O)O/N=C(Cc1ccccc1C)/C(=C/Nc1ccccc1C(C)=O)c1ccccc1C. The Hall–Kier alpha value is -3.99. The standard InChI is InChI=1S/C29H30N2O3/c1-5-29(33)34-31-28(18-23-14-8-6-12-20(23)2)26(24-15-9-7-13-21(24)3)19-30-27-17-11-10-16-25(27)22(4)32/h6-17,19,30H,5,18H2,1-4H3/b26-19+,31-28+. The lowest BCUT2D eigenvalue weighted by atomic mass is 9.92. The first-order valence-corrected chi connectivity index (χ1v) is 11.3. The predicted molar refractivity (Wildman–Crippen MR) is 138 cm³/mol. The number of aryl methyl sites for hydroxylation is 2. The van der Waals surface area contributed by atoms with E-state index in [9.17, 15) is 9.59 Å². The molecule has 1 N–H and O–H groups in total. The van der Waals surface area contributed by atoms with Crippen LogP contribution in [0.5, 0.6) is 0 Å². The fourth-order valence-corrected chi connectivity index (χ4v) is 3.59. The number of Topliss-reactive ketones (excluding diaryl/α,β-unsaturated/α-hetero) is 1. The lowest BCUT2D eigenvalue weighted by Crippen LogP contribution is -2.13. The van der Waals surface area contributed by atoms with Gasteiger partial charge in [0.2, 0.25) is 0 Å². The summed E-state index contributed by atoms with van der Waals surface area (Å²) in [6.07, 6.45) is 2.54. The van der Waals surface area contributed by atoms with E-state index in [0.29, 0.717) is 23.4 Å². The molecule has 5 nitrogen and oxygen atoms in total. The van der Waals surface area contributed by atoms with E-state index in [1.165, 1.54) is 0 Å². The number of rotatable bonds is 9. The Kier molecular flexibility index (Phi) is 8.52. The third-order valence-corrected chi connectivity index (χ3v) is 5.59. The summed E-state index contributed by atoms with van der Waals surface area (Å²) in [7, 11) is 0. The third kappa shape index (κ3) is 6.29. The Bertz CT molecular complexity index is 1240. The van der Waals surface area contributed by atoms with Crippen molar-refractivity contribution in [3.8, 4) is 0 Å². The van der Waals surface area contributed by atoms with Gasteiger partial charge in [-0.05, 0) is 55.2 Å². The highest BCUT2D eigenvalue weighted by Crippen LogP contribution is 2.25. The highest BCUT2D eigenvalue weighted by molar-refractivity contribution is 6.25. The van der Waals surface area contributed by atoms with Crippen LogP contribution in [-0.2, 0) is 16.1 Å². The summed E-state index contributed by atoms with van der Waals surface area (Å²) >= 11 is 0. The first-order valence-electron chi connectivity index (χ1n) is 11.3. The maximum absolute atomic E-state index is 12.1. The monoisotopic (exact) mass is 454 g/mol. The first-order chi connectivity index (χ1) is 16.4. The van der Waals surface area contributed by atoms with Gasteiger partial charge in [-0.15, -0.1) is 0 Å². The molecule has 0 saturated carbocycles. The Balaban J connectivity index is 2.13. The molecule has 34 heavy (non-hydrogen) atoms. The number of allylic oxidation sites excluding steroid dienone is 1. The van der Waals surface area contributed by atoms with Crippen LogP contribution in [0.4, 0.5) is 5.69 Å². The van der Waals surface area contributed by atoms with Crippen molar-refractivity contribution in [2.24, 2.45) is 5.16 Å². The van der Waals surface area contributed by atoms with E-state index in [1.807, 2.05) is 86.8 Å². The number of oxime groups is 1. The van der Waals surface area contributed by atoms with Gasteiger partial charge < -0.3 is 10.2 Å². The molecular weight excluding hydrogens is 424 g/mol. The zero-order chi connectivity index (χ0) is 24.5. The molecule has 3 aromatic carbocycles. The van der Waals surface area contributed by atoms with E-state index >= 15 is 0 Å². The molecular formula is C29H30N2O3. The van der Waals surface area contributed by atoms with Crippen LogP contribution in [0.15, 0.2) is 84.2 Å². The second-order valence-corrected chi connectivity index (χ2v) is 8.08. The van der Waals surface area contributed by atoms with Crippen molar-refractivity contribution in [3.05, 3.63) is 107 Å². The number of nitrogens with one attached hydrogen (secondary N) is 1. The minimum atomic E-state index is -0.402. The van der Waals surface area contributed by atoms with Gasteiger partial charge in [0.1, 0.15) is 0 Å². The van der Waals surface area contributed by atoms with Gasteiger partial charge >= 0.3 is 5.97 Å². The predicted octanol–water partition coefficient (Wildman–Crippen LogP) is 6.51. The number of carbonyl (C=O) groups is 2. The van der Waals surface area contributed by atoms with Crippen LogP contribution < -0.4 is 5.32 Å². The van der Waals surface area contributed by atoms with E-state index in [-0.39, 0.29) is 12.2 Å². The van der Waals surface area contributed by atoms with Crippen LogP contribution in [0.1, 0.15) is 52.9 Å². The molecule has 0 aliphatic carbocycles. The zero-order valence-corrected chi connectivity index (χ0v) is 20.1. The summed E-state index contributed by atoms with van der Waals surface area (Å²) in [5, 5.41) is 7.61. The van der Waals surface area contributed by atoms with Crippen LogP contribution in [0.2, 0.25) is 0 Å². The summed E-state index contributed by atoms with van der Waals surface area (Å²) < 4.78 is 0. The highest BCUT2D eigenvalue weighted by Gasteiger charge is 2.17. The number of carbonyl (C=O) groups excluding carboxylic acids is 2. The quantitative estimate of drug-likeness (QED) is 0.173. The van der Waals surface area contributed by atoms with Crippen LogP contribution in [0, 0.1) is 13.8 Å². The smallest absolute Gasteiger partial charge is 0.334 e. The van der Waals surface area contributed by atoms with E-state index in [0.717, 1.165) is 27.8 Å². The van der Waals surface area contributed by atoms with Crippen molar-refractivity contribution in [1.29, 1.82) is 0 Å². The molecule has 3 rings (SSSR count). The van der Waals surface area contributed by atoms with Crippen LogP contribution in [0.25, 0.3) is 5.57 Å². The van der Waals surface area contributed by atoms with Crippen molar-refractivity contribution >= 4 is 28.7 Å².